The van der Waals surface area contributed by atoms with Crippen molar-refractivity contribution in [1.82, 2.24) is 19.9 Å². The van der Waals surface area contributed by atoms with Crippen molar-refractivity contribution in [3.63, 3.8) is 0 Å². The molecule has 0 bridgehead atoms. The highest BCUT2D eigenvalue weighted by Crippen LogP contribution is 2.24. The Kier molecular flexibility index (Phi) is 5.22. The highest BCUT2D eigenvalue weighted by molar-refractivity contribution is 7.13. The van der Waals surface area contributed by atoms with Gasteiger partial charge in [0.05, 0.1) is 17.2 Å². The molecule has 2 heterocycles. The van der Waals surface area contributed by atoms with Gasteiger partial charge in [0.2, 0.25) is 5.91 Å². The van der Waals surface area contributed by atoms with Crippen LogP contribution in [0.25, 0.3) is 21.5 Å². The summed E-state index contributed by atoms with van der Waals surface area (Å²) in [6.07, 6.45) is 1.43. The van der Waals surface area contributed by atoms with Crippen molar-refractivity contribution < 1.29 is 4.79 Å². The summed E-state index contributed by atoms with van der Waals surface area (Å²) in [5.74, 6) is -0.236. The summed E-state index contributed by atoms with van der Waals surface area (Å²) in [5, 5.41) is 6.38. The lowest BCUT2D eigenvalue weighted by atomic mass is 10.1. The number of benzene rings is 2. The molecule has 6 nitrogen and oxygen atoms in total. The van der Waals surface area contributed by atoms with E-state index in [2.05, 4.69) is 15.3 Å². The number of aromatic nitrogens is 3. The predicted molar refractivity (Wildman–Crippen MR) is 115 cm³/mol. The first kappa shape index (κ1) is 19.0. The first-order valence-electron chi connectivity index (χ1n) is 9.28. The van der Waals surface area contributed by atoms with Gasteiger partial charge in [-0.1, -0.05) is 30.3 Å². The third-order valence-electron chi connectivity index (χ3n) is 4.75. The van der Waals surface area contributed by atoms with Crippen LogP contribution in [0.4, 0.5) is 0 Å². The summed E-state index contributed by atoms with van der Waals surface area (Å²) in [6.45, 7) is 4.04. The summed E-state index contributed by atoms with van der Waals surface area (Å²) in [6, 6.07) is 14.4. The summed E-state index contributed by atoms with van der Waals surface area (Å²) in [7, 11) is 0. The number of fused-ring (bicyclic) bond motifs is 1. The van der Waals surface area contributed by atoms with Crippen molar-refractivity contribution in [3.05, 3.63) is 81.8 Å². The van der Waals surface area contributed by atoms with Crippen LogP contribution in [0.2, 0.25) is 0 Å². The predicted octanol–water partition coefficient (Wildman–Crippen LogP) is 3.71. The minimum atomic E-state index is -0.663. The van der Waals surface area contributed by atoms with Crippen LogP contribution in [-0.4, -0.2) is 20.4 Å². The van der Waals surface area contributed by atoms with Crippen LogP contribution in [0.15, 0.2) is 65.0 Å². The number of rotatable bonds is 5. The molecule has 0 spiro atoms. The Bertz CT molecular complexity index is 1240. The molecule has 0 aliphatic carbocycles. The van der Waals surface area contributed by atoms with E-state index in [1.54, 1.807) is 36.5 Å². The average Bonchev–Trinajstić information content (AvgIpc) is 3.18. The molecule has 0 aliphatic heterocycles. The van der Waals surface area contributed by atoms with E-state index in [0.717, 1.165) is 21.8 Å². The van der Waals surface area contributed by atoms with Crippen LogP contribution in [0.5, 0.6) is 0 Å². The molecule has 146 valence electrons. The van der Waals surface area contributed by atoms with Crippen LogP contribution >= 0.6 is 11.3 Å². The second-order valence-electron chi connectivity index (χ2n) is 6.86. The second-order valence-corrected chi connectivity index (χ2v) is 7.72. The van der Waals surface area contributed by atoms with Gasteiger partial charge in [-0.3, -0.25) is 14.2 Å². The van der Waals surface area contributed by atoms with E-state index in [0.29, 0.717) is 17.4 Å². The molecule has 2 aromatic heterocycles. The fourth-order valence-corrected chi connectivity index (χ4v) is 3.92. The Morgan fingerprint density at radius 2 is 2.03 bits per heavy atom. The molecule has 29 heavy (non-hydrogen) atoms. The summed E-state index contributed by atoms with van der Waals surface area (Å²) < 4.78 is 1.37. The van der Waals surface area contributed by atoms with Gasteiger partial charge in [0.1, 0.15) is 11.0 Å². The quantitative estimate of drug-likeness (QED) is 0.550. The molecule has 2 aromatic carbocycles. The number of para-hydroxylation sites is 1. The maximum atomic E-state index is 12.7. The van der Waals surface area contributed by atoms with Crippen molar-refractivity contribution in [2.75, 3.05) is 0 Å². The number of carbonyl (C=O) groups excluding carboxylic acids is 1. The van der Waals surface area contributed by atoms with Crippen LogP contribution in [0.3, 0.4) is 0 Å². The highest BCUT2D eigenvalue weighted by atomic mass is 32.1. The molecule has 4 rings (SSSR count). The second kappa shape index (κ2) is 7.97. The van der Waals surface area contributed by atoms with Crippen LogP contribution in [-0.2, 0) is 11.3 Å². The van der Waals surface area contributed by atoms with Gasteiger partial charge in [0.25, 0.3) is 5.56 Å². The Hall–Kier alpha value is -3.32. The minimum absolute atomic E-state index is 0.223. The normalized spacial score (nSPS) is 12.1. The molecule has 0 saturated heterocycles. The molecule has 0 unspecified atom stereocenters. The monoisotopic (exact) mass is 404 g/mol. The third-order valence-corrected chi connectivity index (χ3v) is 5.76. The molecule has 0 fully saturated rings. The maximum Gasteiger partial charge on any atom is 0.261 e. The van der Waals surface area contributed by atoms with Crippen molar-refractivity contribution in [2.24, 2.45) is 0 Å². The molecule has 1 atom stereocenters. The smallest absolute Gasteiger partial charge is 0.261 e. The van der Waals surface area contributed by atoms with E-state index in [1.807, 2.05) is 42.6 Å². The number of aryl methyl sites for hydroxylation is 1. The highest BCUT2D eigenvalue weighted by Gasteiger charge is 2.17. The number of hydrogen-bond acceptors (Lipinski definition) is 5. The van der Waals surface area contributed by atoms with Gasteiger partial charge in [-0.2, -0.15) is 0 Å². The average molecular weight is 404 g/mol. The fourth-order valence-electron chi connectivity index (χ4n) is 3.12. The zero-order chi connectivity index (χ0) is 20.4. The van der Waals surface area contributed by atoms with Gasteiger partial charge in [0.15, 0.2) is 0 Å². The maximum absolute atomic E-state index is 12.7. The number of hydrogen-bond donors (Lipinski definition) is 1. The Labute approximate surface area is 171 Å². The van der Waals surface area contributed by atoms with Gasteiger partial charge in [0, 0.05) is 23.2 Å². The van der Waals surface area contributed by atoms with Crippen molar-refractivity contribution in [2.45, 2.75) is 26.4 Å². The van der Waals surface area contributed by atoms with Crippen LogP contribution < -0.4 is 10.9 Å². The molecule has 0 aliphatic rings. The SMILES string of the molecule is Cc1csc(-c2cccc(CNC(=O)[C@H](C)n3cnc4ccccc4c3=O)c2)n1. The summed E-state index contributed by atoms with van der Waals surface area (Å²) >= 11 is 1.60. The first-order valence-corrected chi connectivity index (χ1v) is 10.2. The minimum Gasteiger partial charge on any atom is -0.350 e. The van der Waals surface area contributed by atoms with E-state index >= 15 is 0 Å². The van der Waals surface area contributed by atoms with E-state index in [1.165, 1.54) is 10.9 Å². The van der Waals surface area contributed by atoms with E-state index in [-0.39, 0.29) is 11.5 Å². The van der Waals surface area contributed by atoms with Gasteiger partial charge in [-0.05, 0) is 37.6 Å². The standard InChI is InChI=1S/C22H20N4O2S/c1-14-12-29-21(25-14)17-7-5-6-16(10-17)11-23-20(27)15(2)26-13-24-19-9-4-3-8-18(19)22(26)28/h3-10,12-13,15H,11H2,1-2H3,(H,23,27)/t15-/m0/s1. The third kappa shape index (κ3) is 3.95. The van der Waals surface area contributed by atoms with Crippen molar-refractivity contribution in [1.29, 1.82) is 0 Å². The van der Waals surface area contributed by atoms with Gasteiger partial charge in [-0.15, -0.1) is 11.3 Å². The number of nitrogens with zero attached hydrogens (tertiary/aromatic N) is 3. The lowest BCUT2D eigenvalue weighted by Crippen LogP contribution is -2.35. The lowest BCUT2D eigenvalue weighted by molar-refractivity contribution is -0.124. The lowest BCUT2D eigenvalue weighted by Gasteiger charge is -2.15. The Balaban J connectivity index is 1.49. The van der Waals surface area contributed by atoms with Gasteiger partial charge >= 0.3 is 0 Å². The number of nitrogens with one attached hydrogen (secondary N) is 1. The molecular weight excluding hydrogens is 384 g/mol. The van der Waals surface area contributed by atoms with Gasteiger partial charge < -0.3 is 5.32 Å². The fraction of sp³-hybridized carbons (Fsp3) is 0.182. The molecule has 7 heteroatoms. The van der Waals surface area contributed by atoms with Gasteiger partial charge in [-0.25, -0.2) is 9.97 Å². The molecule has 1 N–H and O–H groups in total. The van der Waals surface area contributed by atoms with Crippen LogP contribution in [0.1, 0.15) is 24.2 Å². The largest absolute Gasteiger partial charge is 0.350 e. The molecule has 0 saturated carbocycles. The zero-order valence-corrected chi connectivity index (χ0v) is 16.9. The summed E-state index contributed by atoms with van der Waals surface area (Å²) in [5.41, 5.74) is 3.39. The van der Waals surface area contributed by atoms with Crippen LogP contribution in [0, 0.1) is 6.92 Å². The molecular formula is C22H20N4O2S. The molecule has 4 aromatic rings. The summed E-state index contributed by atoms with van der Waals surface area (Å²) in [4.78, 5) is 34.1. The Morgan fingerprint density at radius 1 is 1.21 bits per heavy atom. The zero-order valence-electron chi connectivity index (χ0n) is 16.1. The number of carbonyl (C=O) groups is 1. The Morgan fingerprint density at radius 3 is 2.83 bits per heavy atom. The molecule has 0 radical (unpaired) electrons. The van der Waals surface area contributed by atoms with Crippen molar-refractivity contribution in [3.8, 4) is 10.6 Å². The van der Waals surface area contributed by atoms with E-state index < -0.39 is 6.04 Å². The van der Waals surface area contributed by atoms with E-state index in [9.17, 15) is 9.59 Å². The van der Waals surface area contributed by atoms with E-state index in [4.69, 9.17) is 0 Å². The molecule has 1 amide bonds. The topological polar surface area (TPSA) is 76.9 Å². The van der Waals surface area contributed by atoms with Crippen molar-refractivity contribution >= 4 is 28.1 Å². The first-order chi connectivity index (χ1) is 14.0. The number of amides is 1. The number of thiazole rings is 1.